The maximum Gasteiger partial charge on any atom is 0.322 e. The van der Waals surface area contributed by atoms with Crippen molar-refractivity contribution in [3.05, 3.63) is 24.3 Å². The van der Waals surface area contributed by atoms with E-state index in [1.165, 1.54) is 19.2 Å². The molecule has 1 aliphatic heterocycles. The number of aliphatic carboxylic acids is 1. The Labute approximate surface area is 137 Å². The molecule has 2 rings (SSSR count). The van der Waals surface area contributed by atoms with E-state index in [-0.39, 0.29) is 11.4 Å². The van der Waals surface area contributed by atoms with Gasteiger partial charge in [0.2, 0.25) is 10.0 Å². The third-order valence-electron chi connectivity index (χ3n) is 4.38. The highest BCUT2D eigenvalue weighted by Gasteiger charge is 2.46. The highest BCUT2D eigenvalue weighted by Crippen LogP contribution is 2.37. The summed E-state index contributed by atoms with van der Waals surface area (Å²) in [4.78, 5) is 11.9. The van der Waals surface area contributed by atoms with Crippen molar-refractivity contribution < 1.29 is 23.1 Å². The average Bonchev–Trinajstić information content (AvgIpc) is 2.65. The molecule has 23 heavy (non-hydrogen) atoms. The Hall–Kier alpha value is -1.60. The first-order valence-corrected chi connectivity index (χ1v) is 9.03. The Morgan fingerprint density at radius 3 is 2.39 bits per heavy atom. The number of rotatable bonds is 4. The summed E-state index contributed by atoms with van der Waals surface area (Å²) in [5.41, 5.74) is -0.623. The minimum absolute atomic E-state index is 0.0854. The fourth-order valence-corrected chi connectivity index (χ4v) is 4.88. The second kappa shape index (κ2) is 6.49. The summed E-state index contributed by atoms with van der Waals surface area (Å²) in [6, 6.07) is 4.95. The van der Waals surface area contributed by atoms with Gasteiger partial charge in [0.05, 0.1) is 12.0 Å². The number of ether oxygens (including phenoxy) is 1. The van der Waals surface area contributed by atoms with Crippen LogP contribution in [0.3, 0.4) is 0 Å². The van der Waals surface area contributed by atoms with Crippen LogP contribution in [0.15, 0.2) is 29.2 Å². The summed E-state index contributed by atoms with van der Waals surface area (Å²) in [6.45, 7) is 3.84. The van der Waals surface area contributed by atoms with E-state index in [9.17, 15) is 18.3 Å². The van der Waals surface area contributed by atoms with Gasteiger partial charge in [0.15, 0.2) is 0 Å². The molecule has 128 valence electrons. The lowest BCUT2D eigenvalue weighted by molar-refractivity contribution is -0.145. The van der Waals surface area contributed by atoms with Crippen LogP contribution < -0.4 is 4.74 Å². The standard InChI is InChI=1S/C16H23NO5S/c1-16(2)10-4-5-11-17(14(16)15(18)19)23(20,21)13-8-6-12(22-3)7-9-13/h6-9,14H,4-5,10-11H2,1-3H3,(H,18,19). The van der Waals surface area contributed by atoms with Gasteiger partial charge in [-0.05, 0) is 42.5 Å². The zero-order valence-corrected chi connectivity index (χ0v) is 14.5. The maximum absolute atomic E-state index is 13.0. The Morgan fingerprint density at radius 1 is 1.26 bits per heavy atom. The van der Waals surface area contributed by atoms with Crippen molar-refractivity contribution in [1.82, 2.24) is 4.31 Å². The average molecular weight is 341 g/mol. The van der Waals surface area contributed by atoms with Gasteiger partial charge in [0.25, 0.3) is 0 Å². The van der Waals surface area contributed by atoms with E-state index in [0.717, 1.165) is 10.7 Å². The van der Waals surface area contributed by atoms with Crippen molar-refractivity contribution in [2.24, 2.45) is 5.41 Å². The zero-order chi connectivity index (χ0) is 17.3. The molecule has 1 aromatic rings. The number of methoxy groups -OCH3 is 1. The molecule has 0 spiro atoms. The molecule has 0 aromatic heterocycles. The van der Waals surface area contributed by atoms with Crippen molar-refractivity contribution in [3.63, 3.8) is 0 Å². The summed E-state index contributed by atoms with van der Waals surface area (Å²) in [6.07, 6.45) is 2.15. The van der Waals surface area contributed by atoms with E-state index in [2.05, 4.69) is 0 Å². The Bertz CT molecular complexity index is 666. The SMILES string of the molecule is COc1ccc(S(=O)(=O)N2CCCCC(C)(C)C2C(=O)O)cc1. The molecule has 1 atom stereocenters. The molecule has 1 unspecified atom stereocenters. The first-order chi connectivity index (χ1) is 10.7. The summed E-state index contributed by atoms with van der Waals surface area (Å²) < 4.78 is 32.1. The molecule has 7 heteroatoms. The number of carboxylic acid groups (broad SMARTS) is 1. The number of hydrogen-bond donors (Lipinski definition) is 1. The molecule has 1 fully saturated rings. The van der Waals surface area contributed by atoms with Crippen LogP contribution in [0.25, 0.3) is 0 Å². The first kappa shape index (κ1) is 17.7. The lowest BCUT2D eigenvalue weighted by atomic mass is 9.81. The van der Waals surface area contributed by atoms with E-state index < -0.39 is 27.4 Å². The van der Waals surface area contributed by atoms with Crippen molar-refractivity contribution in [2.45, 2.75) is 44.0 Å². The van der Waals surface area contributed by atoms with Gasteiger partial charge in [-0.25, -0.2) is 8.42 Å². The monoisotopic (exact) mass is 341 g/mol. The van der Waals surface area contributed by atoms with Crippen molar-refractivity contribution in [3.8, 4) is 5.75 Å². The molecular weight excluding hydrogens is 318 g/mol. The number of benzene rings is 1. The smallest absolute Gasteiger partial charge is 0.322 e. The van der Waals surface area contributed by atoms with Crippen LogP contribution in [0.1, 0.15) is 33.1 Å². The van der Waals surface area contributed by atoms with Gasteiger partial charge in [0.1, 0.15) is 11.8 Å². The molecule has 1 aliphatic rings. The van der Waals surface area contributed by atoms with Crippen LogP contribution in [-0.4, -0.2) is 43.5 Å². The summed E-state index contributed by atoms with van der Waals surface area (Å²) >= 11 is 0. The molecule has 6 nitrogen and oxygen atoms in total. The van der Waals surface area contributed by atoms with E-state index >= 15 is 0 Å². The lowest BCUT2D eigenvalue weighted by Gasteiger charge is -2.36. The van der Waals surface area contributed by atoms with Gasteiger partial charge in [-0.1, -0.05) is 20.3 Å². The Balaban J connectivity index is 2.47. The number of hydrogen-bond acceptors (Lipinski definition) is 4. The molecular formula is C16H23NO5S. The molecule has 0 saturated carbocycles. The van der Waals surface area contributed by atoms with Gasteiger partial charge >= 0.3 is 5.97 Å². The normalized spacial score (nSPS) is 22.3. The van der Waals surface area contributed by atoms with Crippen molar-refractivity contribution in [2.75, 3.05) is 13.7 Å². The largest absolute Gasteiger partial charge is 0.497 e. The predicted molar refractivity (Wildman–Crippen MR) is 85.9 cm³/mol. The molecule has 0 bridgehead atoms. The Morgan fingerprint density at radius 2 is 1.87 bits per heavy atom. The first-order valence-electron chi connectivity index (χ1n) is 7.59. The zero-order valence-electron chi connectivity index (χ0n) is 13.7. The number of nitrogens with zero attached hydrogens (tertiary/aromatic N) is 1. The van der Waals surface area contributed by atoms with E-state index in [4.69, 9.17) is 4.74 Å². The van der Waals surface area contributed by atoms with Gasteiger partial charge in [0, 0.05) is 6.54 Å². The highest BCUT2D eigenvalue weighted by molar-refractivity contribution is 7.89. The second-order valence-electron chi connectivity index (χ2n) is 6.48. The Kier molecular flexibility index (Phi) is 5.01. The summed E-state index contributed by atoms with van der Waals surface area (Å²) in [5, 5.41) is 9.64. The third-order valence-corrected chi connectivity index (χ3v) is 6.26. The van der Waals surface area contributed by atoms with Crippen LogP contribution in [0, 0.1) is 5.41 Å². The second-order valence-corrected chi connectivity index (χ2v) is 8.37. The minimum Gasteiger partial charge on any atom is -0.497 e. The quantitative estimate of drug-likeness (QED) is 0.909. The number of carbonyl (C=O) groups is 1. The van der Waals surface area contributed by atoms with Gasteiger partial charge in [-0.3, -0.25) is 4.79 Å². The predicted octanol–water partition coefficient (Wildman–Crippen LogP) is 2.35. The molecule has 0 amide bonds. The fraction of sp³-hybridized carbons (Fsp3) is 0.562. The lowest BCUT2D eigenvalue weighted by Crippen LogP contribution is -2.51. The van der Waals surface area contributed by atoms with Crippen molar-refractivity contribution in [1.29, 1.82) is 0 Å². The highest BCUT2D eigenvalue weighted by atomic mass is 32.2. The van der Waals surface area contributed by atoms with Crippen molar-refractivity contribution >= 4 is 16.0 Å². The van der Waals surface area contributed by atoms with Crippen LogP contribution in [0.4, 0.5) is 0 Å². The van der Waals surface area contributed by atoms with Crippen LogP contribution in [-0.2, 0) is 14.8 Å². The van der Waals surface area contributed by atoms with Gasteiger partial charge in [-0.15, -0.1) is 0 Å². The van der Waals surface area contributed by atoms with Crippen LogP contribution in [0.5, 0.6) is 5.75 Å². The maximum atomic E-state index is 13.0. The molecule has 0 aliphatic carbocycles. The van der Waals surface area contributed by atoms with E-state index in [1.807, 2.05) is 13.8 Å². The van der Waals surface area contributed by atoms with Crippen LogP contribution in [0.2, 0.25) is 0 Å². The minimum atomic E-state index is -3.88. The number of sulfonamides is 1. The molecule has 0 radical (unpaired) electrons. The molecule has 1 aromatic carbocycles. The summed E-state index contributed by atoms with van der Waals surface area (Å²) in [5.74, 6) is -0.552. The molecule has 1 heterocycles. The van der Waals surface area contributed by atoms with E-state index in [0.29, 0.717) is 18.6 Å². The third kappa shape index (κ3) is 3.50. The van der Waals surface area contributed by atoms with Gasteiger partial charge < -0.3 is 9.84 Å². The van der Waals surface area contributed by atoms with Crippen LogP contribution >= 0.6 is 0 Å². The fourth-order valence-electron chi connectivity index (χ4n) is 3.10. The number of carboxylic acids is 1. The van der Waals surface area contributed by atoms with Gasteiger partial charge in [-0.2, -0.15) is 4.31 Å². The topological polar surface area (TPSA) is 83.9 Å². The molecule has 1 N–H and O–H groups in total. The van der Waals surface area contributed by atoms with E-state index in [1.54, 1.807) is 12.1 Å². The summed E-state index contributed by atoms with van der Waals surface area (Å²) in [7, 11) is -2.38. The molecule has 1 saturated heterocycles.